The van der Waals surface area contributed by atoms with Crippen molar-refractivity contribution in [3.05, 3.63) is 18.2 Å². The Morgan fingerprint density at radius 3 is 2.79 bits per heavy atom. The zero-order valence-electron chi connectivity index (χ0n) is 14.9. The van der Waals surface area contributed by atoms with Crippen molar-refractivity contribution in [2.45, 2.75) is 26.2 Å². The predicted octanol–water partition coefficient (Wildman–Crippen LogP) is 3.11. The minimum atomic E-state index is 0.634. The van der Waals surface area contributed by atoms with E-state index in [1.807, 2.05) is 18.2 Å². The van der Waals surface area contributed by atoms with Gasteiger partial charge in [0.05, 0.1) is 14.2 Å². The summed E-state index contributed by atoms with van der Waals surface area (Å²) in [7, 11) is 3.25. The van der Waals surface area contributed by atoms with Crippen LogP contribution < -0.4 is 20.1 Å². The van der Waals surface area contributed by atoms with E-state index in [4.69, 9.17) is 21.7 Å². The average Bonchev–Trinajstić information content (AvgIpc) is 2.58. The van der Waals surface area contributed by atoms with Crippen LogP contribution in [0.2, 0.25) is 0 Å². The molecule has 0 amide bonds. The van der Waals surface area contributed by atoms with Gasteiger partial charge >= 0.3 is 0 Å². The van der Waals surface area contributed by atoms with Crippen molar-refractivity contribution in [3.8, 4) is 11.5 Å². The van der Waals surface area contributed by atoms with E-state index in [1.54, 1.807) is 14.2 Å². The molecule has 134 valence electrons. The number of likely N-dealkylation sites (tertiary alicyclic amines) is 1. The van der Waals surface area contributed by atoms with E-state index < -0.39 is 0 Å². The summed E-state index contributed by atoms with van der Waals surface area (Å²) in [4.78, 5) is 2.56. The van der Waals surface area contributed by atoms with Crippen LogP contribution in [-0.2, 0) is 0 Å². The Bertz CT molecular complexity index is 539. The molecule has 6 heteroatoms. The van der Waals surface area contributed by atoms with Gasteiger partial charge in [0.25, 0.3) is 0 Å². The lowest BCUT2D eigenvalue weighted by Crippen LogP contribution is -2.37. The number of piperidine rings is 1. The van der Waals surface area contributed by atoms with E-state index in [0.717, 1.165) is 31.1 Å². The summed E-state index contributed by atoms with van der Waals surface area (Å²) in [5.41, 5.74) is 0.884. The molecule has 0 aliphatic carbocycles. The molecule has 0 aromatic heterocycles. The predicted molar refractivity (Wildman–Crippen MR) is 103 cm³/mol. The van der Waals surface area contributed by atoms with Gasteiger partial charge in [0, 0.05) is 24.8 Å². The summed E-state index contributed by atoms with van der Waals surface area (Å²) in [6.45, 7) is 6.82. The highest BCUT2D eigenvalue weighted by Gasteiger charge is 2.15. The summed E-state index contributed by atoms with van der Waals surface area (Å²) in [6.07, 6.45) is 3.79. The Morgan fingerprint density at radius 1 is 1.29 bits per heavy atom. The Labute approximate surface area is 150 Å². The van der Waals surface area contributed by atoms with Gasteiger partial charge in [0.2, 0.25) is 0 Å². The number of nitrogens with one attached hydrogen (secondary N) is 2. The third-order valence-corrected chi connectivity index (χ3v) is 4.57. The fourth-order valence-electron chi connectivity index (χ4n) is 3.08. The average molecular weight is 352 g/mol. The molecule has 1 aliphatic heterocycles. The molecule has 0 spiro atoms. The van der Waals surface area contributed by atoms with Gasteiger partial charge < -0.3 is 25.0 Å². The summed E-state index contributed by atoms with van der Waals surface area (Å²) < 4.78 is 10.5. The molecule has 5 nitrogen and oxygen atoms in total. The van der Waals surface area contributed by atoms with Crippen LogP contribution in [0.4, 0.5) is 5.69 Å². The lowest BCUT2D eigenvalue weighted by molar-refractivity contribution is 0.182. The zero-order chi connectivity index (χ0) is 17.4. The second-order valence-electron chi connectivity index (χ2n) is 6.35. The van der Waals surface area contributed by atoms with Crippen molar-refractivity contribution in [1.82, 2.24) is 10.2 Å². The first-order chi connectivity index (χ1) is 11.6. The fourth-order valence-corrected chi connectivity index (χ4v) is 3.30. The summed E-state index contributed by atoms with van der Waals surface area (Å²) in [5.74, 6) is 2.22. The Balaban J connectivity index is 1.69. The molecule has 1 fully saturated rings. The van der Waals surface area contributed by atoms with Crippen molar-refractivity contribution in [2.24, 2.45) is 5.92 Å². The minimum absolute atomic E-state index is 0.634. The van der Waals surface area contributed by atoms with Crippen LogP contribution in [0.15, 0.2) is 18.2 Å². The van der Waals surface area contributed by atoms with Crippen LogP contribution in [-0.4, -0.2) is 50.4 Å². The lowest BCUT2D eigenvalue weighted by atomic mass is 10.0. The van der Waals surface area contributed by atoms with Crippen molar-refractivity contribution in [2.75, 3.05) is 45.7 Å². The SMILES string of the molecule is COc1ccc(NC(=S)NCCCN2CCCC(C)C2)cc1OC. The largest absolute Gasteiger partial charge is 0.493 e. The highest BCUT2D eigenvalue weighted by atomic mass is 32.1. The van der Waals surface area contributed by atoms with E-state index in [-0.39, 0.29) is 0 Å². The molecular formula is C18H29N3O2S. The molecule has 0 radical (unpaired) electrons. The molecule has 1 aromatic carbocycles. The maximum absolute atomic E-state index is 5.36. The molecule has 1 unspecified atom stereocenters. The van der Waals surface area contributed by atoms with Gasteiger partial charge in [0.15, 0.2) is 16.6 Å². The monoisotopic (exact) mass is 351 g/mol. The maximum atomic E-state index is 5.36. The number of nitrogens with zero attached hydrogens (tertiary/aromatic N) is 1. The highest BCUT2D eigenvalue weighted by molar-refractivity contribution is 7.80. The van der Waals surface area contributed by atoms with E-state index >= 15 is 0 Å². The molecule has 1 aromatic rings. The van der Waals surface area contributed by atoms with Gasteiger partial charge in [0.1, 0.15) is 0 Å². The number of methoxy groups -OCH3 is 2. The van der Waals surface area contributed by atoms with Gasteiger partial charge in [-0.25, -0.2) is 0 Å². The molecule has 1 heterocycles. The zero-order valence-corrected chi connectivity index (χ0v) is 15.7. The molecule has 1 atom stereocenters. The maximum Gasteiger partial charge on any atom is 0.170 e. The fraction of sp³-hybridized carbons (Fsp3) is 0.611. The van der Waals surface area contributed by atoms with E-state index in [0.29, 0.717) is 16.6 Å². The van der Waals surface area contributed by atoms with Gasteiger partial charge in [-0.1, -0.05) is 6.92 Å². The Hall–Kier alpha value is -1.53. The summed E-state index contributed by atoms with van der Waals surface area (Å²) >= 11 is 5.36. The first-order valence-electron chi connectivity index (χ1n) is 8.61. The van der Waals surface area contributed by atoms with Gasteiger partial charge in [-0.15, -0.1) is 0 Å². The van der Waals surface area contributed by atoms with Crippen LogP contribution in [0.1, 0.15) is 26.2 Å². The van der Waals surface area contributed by atoms with Gasteiger partial charge in [-0.3, -0.25) is 0 Å². The standard InChI is InChI=1S/C18H29N3O2S/c1-14-6-4-10-21(13-14)11-5-9-19-18(24)20-15-7-8-16(22-2)17(12-15)23-3/h7-8,12,14H,4-6,9-11,13H2,1-3H3,(H2,19,20,24). The number of rotatable bonds is 7. The molecular weight excluding hydrogens is 322 g/mol. The van der Waals surface area contributed by atoms with E-state index in [1.165, 1.54) is 25.9 Å². The number of benzene rings is 1. The third-order valence-electron chi connectivity index (χ3n) is 4.32. The smallest absolute Gasteiger partial charge is 0.170 e. The minimum Gasteiger partial charge on any atom is -0.493 e. The first kappa shape index (κ1) is 18.8. The molecule has 24 heavy (non-hydrogen) atoms. The van der Waals surface area contributed by atoms with Crippen molar-refractivity contribution in [3.63, 3.8) is 0 Å². The Morgan fingerprint density at radius 2 is 2.08 bits per heavy atom. The lowest BCUT2D eigenvalue weighted by Gasteiger charge is -2.30. The number of anilines is 1. The first-order valence-corrected chi connectivity index (χ1v) is 9.02. The second-order valence-corrected chi connectivity index (χ2v) is 6.76. The van der Waals surface area contributed by atoms with E-state index in [2.05, 4.69) is 22.5 Å². The summed E-state index contributed by atoms with van der Waals surface area (Å²) in [5, 5.41) is 7.09. The van der Waals surface area contributed by atoms with Crippen LogP contribution in [0.25, 0.3) is 0 Å². The van der Waals surface area contributed by atoms with Gasteiger partial charge in [-0.05, 0) is 62.6 Å². The van der Waals surface area contributed by atoms with E-state index in [9.17, 15) is 0 Å². The van der Waals surface area contributed by atoms with Crippen LogP contribution >= 0.6 is 12.2 Å². The summed E-state index contributed by atoms with van der Waals surface area (Å²) in [6, 6.07) is 5.66. The topological polar surface area (TPSA) is 45.8 Å². The number of ether oxygens (including phenoxy) is 2. The molecule has 1 aliphatic rings. The third kappa shape index (κ3) is 5.83. The number of hydrogen-bond donors (Lipinski definition) is 2. The normalized spacial score (nSPS) is 18.0. The number of thiocarbonyl (C=S) groups is 1. The molecule has 2 rings (SSSR count). The Kier molecular flexibility index (Phi) is 7.59. The highest BCUT2D eigenvalue weighted by Crippen LogP contribution is 2.29. The van der Waals surface area contributed by atoms with Gasteiger partial charge in [-0.2, -0.15) is 0 Å². The van der Waals surface area contributed by atoms with Crippen molar-refractivity contribution in [1.29, 1.82) is 0 Å². The number of hydrogen-bond acceptors (Lipinski definition) is 4. The second kappa shape index (κ2) is 9.69. The van der Waals surface area contributed by atoms with Crippen LogP contribution in [0, 0.1) is 5.92 Å². The molecule has 0 saturated carbocycles. The molecule has 0 bridgehead atoms. The van der Waals surface area contributed by atoms with Crippen molar-refractivity contribution >= 4 is 23.0 Å². The molecule has 1 saturated heterocycles. The van der Waals surface area contributed by atoms with Crippen LogP contribution in [0.5, 0.6) is 11.5 Å². The molecule has 2 N–H and O–H groups in total. The van der Waals surface area contributed by atoms with Crippen molar-refractivity contribution < 1.29 is 9.47 Å². The quantitative estimate of drug-likeness (QED) is 0.581. The van der Waals surface area contributed by atoms with Crippen LogP contribution in [0.3, 0.4) is 0 Å².